The van der Waals surface area contributed by atoms with E-state index in [9.17, 15) is 4.79 Å². The molecule has 142 valence electrons. The number of hydrogen-bond acceptors (Lipinski definition) is 3. The molecule has 0 atom stereocenters. The standard InChI is InChI=1S/C22H22N4OS/c1-15(27)16-10-12-17(13-11-16)23-22(28)25-21-18-7-4-5-8-19(18)24-20-9-3-2-6-14-26(20)21/h4-5,7-8,10-13H,2-3,6,9,14H2,1H3,(H,23,28). The third-order valence-corrected chi connectivity index (χ3v) is 5.19. The smallest absolute Gasteiger partial charge is 0.199 e. The highest BCUT2D eigenvalue weighted by molar-refractivity contribution is 7.80. The average Bonchev–Trinajstić information content (AvgIpc) is 2.93. The summed E-state index contributed by atoms with van der Waals surface area (Å²) in [6.07, 6.45) is 4.42. The molecule has 6 heteroatoms. The molecule has 2 aromatic carbocycles. The lowest BCUT2D eigenvalue weighted by Crippen LogP contribution is -2.28. The fourth-order valence-electron chi connectivity index (χ4n) is 3.54. The first kappa shape index (κ1) is 18.5. The van der Waals surface area contributed by atoms with Gasteiger partial charge in [-0.05, 0) is 68.4 Å². The number of thiocarbonyl (C=S) groups is 1. The van der Waals surface area contributed by atoms with Crippen LogP contribution in [0.1, 0.15) is 42.4 Å². The highest BCUT2D eigenvalue weighted by Crippen LogP contribution is 2.15. The molecule has 4 rings (SSSR count). The fraction of sp³-hybridized carbons (Fsp3) is 0.273. The van der Waals surface area contributed by atoms with Gasteiger partial charge in [0.2, 0.25) is 0 Å². The van der Waals surface area contributed by atoms with E-state index >= 15 is 0 Å². The Balaban J connectivity index is 1.74. The van der Waals surface area contributed by atoms with Gasteiger partial charge >= 0.3 is 0 Å². The number of rotatable bonds is 2. The van der Waals surface area contributed by atoms with Crippen molar-refractivity contribution in [1.82, 2.24) is 9.55 Å². The number of fused-ring (bicyclic) bond motifs is 2. The first-order chi connectivity index (χ1) is 13.6. The number of ketones is 1. The molecule has 0 bridgehead atoms. The van der Waals surface area contributed by atoms with Crippen LogP contribution in [0.3, 0.4) is 0 Å². The van der Waals surface area contributed by atoms with Gasteiger partial charge in [0.25, 0.3) is 0 Å². The Morgan fingerprint density at radius 2 is 1.89 bits per heavy atom. The third-order valence-electron chi connectivity index (χ3n) is 4.99. The molecule has 0 saturated heterocycles. The predicted octanol–water partition coefficient (Wildman–Crippen LogP) is 4.26. The molecule has 1 aliphatic heterocycles. The molecule has 1 N–H and O–H groups in total. The fourth-order valence-corrected chi connectivity index (χ4v) is 3.74. The van der Waals surface area contributed by atoms with E-state index in [4.69, 9.17) is 22.2 Å². The molecule has 0 unspecified atom stereocenters. The van der Waals surface area contributed by atoms with Gasteiger partial charge in [-0.15, -0.1) is 0 Å². The largest absolute Gasteiger partial charge is 0.331 e. The Morgan fingerprint density at radius 1 is 1.11 bits per heavy atom. The third kappa shape index (κ3) is 3.87. The van der Waals surface area contributed by atoms with Crippen LogP contribution in [0.4, 0.5) is 5.69 Å². The molecular weight excluding hydrogens is 368 g/mol. The molecule has 28 heavy (non-hydrogen) atoms. The summed E-state index contributed by atoms with van der Waals surface area (Å²) in [6, 6.07) is 15.3. The van der Waals surface area contributed by atoms with Crippen LogP contribution in [-0.4, -0.2) is 20.4 Å². The maximum absolute atomic E-state index is 11.4. The summed E-state index contributed by atoms with van der Waals surface area (Å²) in [5.41, 5.74) is 3.30. The lowest BCUT2D eigenvalue weighted by Gasteiger charge is -2.13. The second-order valence-electron chi connectivity index (χ2n) is 7.01. The summed E-state index contributed by atoms with van der Waals surface area (Å²) >= 11 is 5.53. The zero-order chi connectivity index (χ0) is 19.5. The zero-order valence-electron chi connectivity index (χ0n) is 15.8. The molecule has 0 amide bonds. The lowest BCUT2D eigenvalue weighted by molar-refractivity contribution is 0.101. The monoisotopic (exact) mass is 390 g/mol. The van der Waals surface area contributed by atoms with Gasteiger partial charge in [0.1, 0.15) is 11.3 Å². The van der Waals surface area contributed by atoms with Crippen molar-refractivity contribution in [3.05, 3.63) is 65.4 Å². The number of nitrogens with one attached hydrogen (secondary N) is 1. The molecular formula is C22H22N4OS. The Hall–Kier alpha value is -2.86. The number of Topliss-reactive ketones (excluding diaryl/α,β-unsaturated/α-hetero) is 1. The first-order valence-corrected chi connectivity index (χ1v) is 9.98. The van der Waals surface area contributed by atoms with Crippen molar-refractivity contribution >= 4 is 39.7 Å². The molecule has 5 nitrogen and oxygen atoms in total. The number of hydrogen-bond donors (Lipinski definition) is 1. The van der Waals surface area contributed by atoms with E-state index in [2.05, 4.69) is 9.88 Å². The van der Waals surface area contributed by atoms with Crippen LogP contribution < -0.4 is 10.8 Å². The van der Waals surface area contributed by atoms with Gasteiger partial charge < -0.3 is 9.88 Å². The summed E-state index contributed by atoms with van der Waals surface area (Å²) < 4.78 is 2.21. The van der Waals surface area contributed by atoms with Crippen LogP contribution in [0.15, 0.2) is 53.5 Å². The van der Waals surface area contributed by atoms with Crippen molar-refractivity contribution < 1.29 is 4.79 Å². The van der Waals surface area contributed by atoms with E-state index in [1.807, 2.05) is 36.4 Å². The summed E-state index contributed by atoms with van der Waals surface area (Å²) in [4.78, 5) is 21.1. The van der Waals surface area contributed by atoms with Crippen LogP contribution >= 0.6 is 12.2 Å². The van der Waals surface area contributed by atoms with Crippen LogP contribution in [0.2, 0.25) is 0 Å². The second-order valence-corrected chi connectivity index (χ2v) is 7.39. The zero-order valence-corrected chi connectivity index (χ0v) is 16.6. The van der Waals surface area contributed by atoms with Crippen LogP contribution in [-0.2, 0) is 13.0 Å². The van der Waals surface area contributed by atoms with Crippen molar-refractivity contribution in [2.24, 2.45) is 4.99 Å². The van der Waals surface area contributed by atoms with Gasteiger partial charge in [-0.1, -0.05) is 18.6 Å². The maximum atomic E-state index is 11.4. The number of aryl methyl sites for hydroxylation is 1. The van der Waals surface area contributed by atoms with Crippen molar-refractivity contribution in [3.8, 4) is 0 Å². The molecule has 0 saturated carbocycles. The van der Waals surface area contributed by atoms with Gasteiger partial charge in [-0.2, -0.15) is 0 Å². The average molecular weight is 391 g/mol. The van der Waals surface area contributed by atoms with Crippen molar-refractivity contribution in [3.63, 3.8) is 0 Å². The minimum Gasteiger partial charge on any atom is -0.331 e. The number of carbonyl (C=O) groups excluding carboxylic acids is 1. The van der Waals surface area contributed by atoms with Crippen LogP contribution in [0, 0.1) is 0 Å². The Kier molecular flexibility index (Phi) is 5.30. The number of nitrogens with zero attached hydrogens (tertiary/aromatic N) is 3. The van der Waals surface area contributed by atoms with Gasteiger partial charge in [-0.25, -0.2) is 9.98 Å². The lowest BCUT2D eigenvalue weighted by atomic mass is 10.1. The number of anilines is 1. The molecule has 2 heterocycles. The van der Waals surface area contributed by atoms with E-state index < -0.39 is 0 Å². The number of benzene rings is 2. The summed E-state index contributed by atoms with van der Waals surface area (Å²) in [7, 11) is 0. The van der Waals surface area contributed by atoms with Crippen LogP contribution in [0.25, 0.3) is 10.9 Å². The molecule has 0 fully saturated rings. The maximum Gasteiger partial charge on any atom is 0.199 e. The van der Waals surface area contributed by atoms with Gasteiger partial charge in [0.15, 0.2) is 10.9 Å². The molecule has 0 spiro atoms. The number of para-hydroxylation sites is 1. The molecule has 0 radical (unpaired) electrons. The van der Waals surface area contributed by atoms with E-state index in [1.54, 1.807) is 19.1 Å². The van der Waals surface area contributed by atoms with Crippen molar-refractivity contribution in [2.75, 3.05) is 5.32 Å². The van der Waals surface area contributed by atoms with Gasteiger partial charge in [0.05, 0.1) is 5.52 Å². The second kappa shape index (κ2) is 8.02. The van der Waals surface area contributed by atoms with E-state index in [1.165, 1.54) is 6.42 Å². The predicted molar refractivity (Wildman–Crippen MR) is 116 cm³/mol. The quantitative estimate of drug-likeness (QED) is 0.525. The molecule has 3 aromatic rings. The van der Waals surface area contributed by atoms with E-state index in [-0.39, 0.29) is 5.78 Å². The summed E-state index contributed by atoms with van der Waals surface area (Å²) in [6.45, 7) is 2.46. The topological polar surface area (TPSA) is 59.3 Å². The van der Waals surface area contributed by atoms with Gasteiger partial charge in [0, 0.05) is 29.6 Å². The van der Waals surface area contributed by atoms with E-state index in [0.29, 0.717) is 10.7 Å². The Labute approximate surface area is 169 Å². The van der Waals surface area contributed by atoms with E-state index in [0.717, 1.165) is 53.7 Å². The Bertz CT molecular complexity index is 1120. The first-order valence-electron chi connectivity index (χ1n) is 9.57. The highest BCUT2D eigenvalue weighted by Gasteiger charge is 2.13. The molecule has 1 aliphatic rings. The molecule has 0 aliphatic carbocycles. The summed E-state index contributed by atoms with van der Waals surface area (Å²) in [5.74, 6) is 1.12. The van der Waals surface area contributed by atoms with Gasteiger partial charge in [-0.3, -0.25) is 4.79 Å². The van der Waals surface area contributed by atoms with Crippen molar-refractivity contribution in [2.45, 2.75) is 39.2 Å². The highest BCUT2D eigenvalue weighted by atomic mass is 32.1. The van der Waals surface area contributed by atoms with Crippen molar-refractivity contribution in [1.29, 1.82) is 0 Å². The minimum absolute atomic E-state index is 0.0427. The normalized spacial score (nSPS) is 14.4. The Morgan fingerprint density at radius 3 is 2.68 bits per heavy atom. The molecule has 1 aromatic heterocycles. The van der Waals surface area contributed by atoms with Crippen LogP contribution in [0.5, 0.6) is 0 Å². The minimum atomic E-state index is 0.0427. The SMILES string of the molecule is CC(=O)c1ccc(NC(=S)N=c2c3ccccc3nc3n2CCCCC3)cc1. The number of carbonyl (C=O) groups is 1. The summed E-state index contributed by atoms with van der Waals surface area (Å²) in [5, 5.41) is 4.56. The number of aromatic nitrogens is 2.